The summed E-state index contributed by atoms with van der Waals surface area (Å²) < 4.78 is 0. The van der Waals surface area contributed by atoms with E-state index in [-0.39, 0.29) is 18.0 Å². The summed E-state index contributed by atoms with van der Waals surface area (Å²) in [5.41, 5.74) is 1.75. The van der Waals surface area contributed by atoms with Gasteiger partial charge in [-0.25, -0.2) is 4.79 Å². The normalized spacial score (nSPS) is 21.0. The van der Waals surface area contributed by atoms with E-state index in [0.29, 0.717) is 19.4 Å². The Morgan fingerprint density at radius 1 is 1.43 bits per heavy atom. The van der Waals surface area contributed by atoms with Gasteiger partial charge in [0.05, 0.1) is 18.2 Å². The first-order valence-corrected chi connectivity index (χ1v) is 7.12. The van der Waals surface area contributed by atoms with Crippen LogP contribution in [0.5, 0.6) is 0 Å². The zero-order valence-corrected chi connectivity index (χ0v) is 12.4. The van der Waals surface area contributed by atoms with E-state index in [0.717, 1.165) is 17.8 Å². The van der Waals surface area contributed by atoms with Crippen LogP contribution in [0.3, 0.4) is 0 Å². The van der Waals surface area contributed by atoms with Crippen molar-refractivity contribution in [1.82, 2.24) is 15.2 Å². The highest BCUT2D eigenvalue weighted by molar-refractivity contribution is 5.75. The number of hydrogen-bond donors (Lipinski definition) is 2. The molecule has 114 valence electrons. The van der Waals surface area contributed by atoms with Gasteiger partial charge < -0.3 is 15.3 Å². The molecule has 0 saturated heterocycles. The van der Waals surface area contributed by atoms with E-state index in [1.165, 1.54) is 0 Å². The van der Waals surface area contributed by atoms with Crippen LogP contribution in [0, 0.1) is 12.8 Å². The quantitative estimate of drug-likeness (QED) is 0.886. The minimum Gasteiger partial charge on any atom is -0.481 e. The molecule has 0 aliphatic heterocycles. The Balaban J connectivity index is 1.84. The number of pyridine rings is 1. The number of aliphatic carboxylic acids is 1. The summed E-state index contributed by atoms with van der Waals surface area (Å²) in [5, 5.41) is 11.9. The topological polar surface area (TPSA) is 82.5 Å². The Kier molecular flexibility index (Phi) is 4.77. The van der Waals surface area contributed by atoms with E-state index in [1.807, 2.05) is 25.1 Å². The lowest BCUT2D eigenvalue weighted by molar-refractivity contribution is -0.141. The van der Waals surface area contributed by atoms with Gasteiger partial charge in [-0.05, 0) is 38.3 Å². The van der Waals surface area contributed by atoms with Gasteiger partial charge in [0.1, 0.15) is 0 Å². The van der Waals surface area contributed by atoms with E-state index in [2.05, 4.69) is 10.3 Å². The molecule has 2 rings (SSSR count). The summed E-state index contributed by atoms with van der Waals surface area (Å²) in [5.74, 6) is -1.11. The van der Waals surface area contributed by atoms with Crippen LogP contribution in [0.25, 0.3) is 0 Å². The van der Waals surface area contributed by atoms with Crippen LogP contribution in [0.2, 0.25) is 0 Å². The smallest absolute Gasteiger partial charge is 0.317 e. The highest BCUT2D eigenvalue weighted by Gasteiger charge is 2.31. The lowest BCUT2D eigenvalue weighted by Gasteiger charge is -2.21. The van der Waals surface area contributed by atoms with Crippen molar-refractivity contribution < 1.29 is 14.7 Å². The lowest BCUT2D eigenvalue weighted by atomic mass is 10.1. The number of aromatic nitrogens is 1. The van der Waals surface area contributed by atoms with Crippen LogP contribution in [0.4, 0.5) is 4.79 Å². The number of amides is 2. The fourth-order valence-electron chi connectivity index (χ4n) is 2.62. The number of urea groups is 1. The molecule has 0 aromatic carbocycles. The molecular formula is C15H21N3O3. The molecule has 1 aromatic heterocycles. The Bertz CT molecular complexity index is 533. The molecule has 1 aliphatic rings. The predicted octanol–water partition coefficient (Wildman–Crippen LogP) is 1.78. The number of carboxylic acid groups (broad SMARTS) is 1. The number of carboxylic acids is 1. The number of carbonyl (C=O) groups is 2. The number of aryl methyl sites for hydroxylation is 1. The van der Waals surface area contributed by atoms with Crippen molar-refractivity contribution >= 4 is 12.0 Å². The third-order valence-corrected chi connectivity index (χ3v) is 3.80. The summed E-state index contributed by atoms with van der Waals surface area (Å²) in [6.45, 7) is 2.34. The van der Waals surface area contributed by atoms with E-state index >= 15 is 0 Å². The average molecular weight is 291 g/mol. The van der Waals surface area contributed by atoms with Crippen LogP contribution in [0.1, 0.15) is 30.7 Å². The molecular weight excluding hydrogens is 270 g/mol. The Morgan fingerprint density at radius 2 is 2.19 bits per heavy atom. The molecule has 21 heavy (non-hydrogen) atoms. The minimum absolute atomic E-state index is 0.0495. The Hall–Kier alpha value is -2.11. The first kappa shape index (κ1) is 15.3. The Labute approximate surface area is 124 Å². The van der Waals surface area contributed by atoms with E-state index in [1.54, 1.807) is 11.9 Å². The summed E-state index contributed by atoms with van der Waals surface area (Å²) in [4.78, 5) is 28.9. The SMILES string of the molecule is Cc1cccc(CN(C)C(=O)N[C@H]2CC[C@@H](C(=O)O)C2)n1. The Morgan fingerprint density at radius 3 is 2.81 bits per heavy atom. The van der Waals surface area contributed by atoms with E-state index in [4.69, 9.17) is 5.11 Å². The van der Waals surface area contributed by atoms with Crippen LogP contribution in [0.15, 0.2) is 18.2 Å². The van der Waals surface area contributed by atoms with Crippen molar-refractivity contribution in [2.45, 2.75) is 38.8 Å². The molecule has 1 aliphatic carbocycles. The molecule has 2 atom stereocenters. The third kappa shape index (κ3) is 4.18. The summed E-state index contributed by atoms with van der Waals surface area (Å²) in [6.07, 6.45) is 1.86. The molecule has 1 saturated carbocycles. The van der Waals surface area contributed by atoms with Crippen LogP contribution in [-0.2, 0) is 11.3 Å². The summed E-state index contributed by atoms with van der Waals surface area (Å²) in [6, 6.07) is 5.47. The fraction of sp³-hybridized carbons (Fsp3) is 0.533. The first-order valence-electron chi connectivity index (χ1n) is 7.12. The van der Waals surface area contributed by atoms with Gasteiger partial charge in [0.15, 0.2) is 0 Å². The fourth-order valence-corrected chi connectivity index (χ4v) is 2.62. The van der Waals surface area contributed by atoms with Crippen molar-refractivity contribution in [3.8, 4) is 0 Å². The zero-order chi connectivity index (χ0) is 15.4. The molecule has 0 radical (unpaired) electrons. The molecule has 2 N–H and O–H groups in total. The second-order valence-corrected chi connectivity index (χ2v) is 5.62. The molecule has 0 spiro atoms. The molecule has 1 heterocycles. The number of carbonyl (C=O) groups excluding carboxylic acids is 1. The maximum Gasteiger partial charge on any atom is 0.317 e. The molecule has 0 unspecified atom stereocenters. The van der Waals surface area contributed by atoms with Gasteiger partial charge in [-0.3, -0.25) is 9.78 Å². The maximum absolute atomic E-state index is 12.1. The van der Waals surface area contributed by atoms with Gasteiger partial charge >= 0.3 is 12.0 Å². The van der Waals surface area contributed by atoms with Gasteiger partial charge in [0.25, 0.3) is 0 Å². The molecule has 0 bridgehead atoms. The van der Waals surface area contributed by atoms with Crippen LogP contribution >= 0.6 is 0 Å². The standard InChI is InChI=1S/C15H21N3O3/c1-10-4-3-5-13(16-10)9-18(2)15(21)17-12-7-6-11(8-12)14(19)20/h3-5,11-12H,6-9H2,1-2H3,(H,17,21)(H,19,20)/t11-,12+/m1/s1. The number of nitrogens with one attached hydrogen (secondary N) is 1. The van der Waals surface area contributed by atoms with Crippen LogP contribution < -0.4 is 5.32 Å². The monoisotopic (exact) mass is 291 g/mol. The predicted molar refractivity (Wildman–Crippen MR) is 77.7 cm³/mol. The van der Waals surface area contributed by atoms with Crippen molar-refractivity contribution in [1.29, 1.82) is 0 Å². The second kappa shape index (κ2) is 6.56. The largest absolute Gasteiger partial charge is 0.481 e. The summed E-state index contributed by atoms with van der Waals surface area (Å²) in [7, 11) is 1.71. The highest BCUT2D eigenvalue weighted by atomic mass is 16.4. The molecule has 1 aromatic rings. The molecule has 6 nitrogen and oxygen atoms in total. The van der Waals surface area contributed by atoms with Gasteiger partial charge in [-0.2, -0.15) is 0 Å². The molecule has 2 amide bonds. The molecule has 1 fully saturated rings. The number of nitrogens with zero attached hydrogens (tertiary/aromatic N) is 2. The zero-order valence-electron chi connectivity index (χ0n) is 12.4. The van der Waals surface area contributed by atoms with Crippen LogP contribution in [-0.4, -0.2) is 40.1 Å². The van der Waals surface area contributed by atoms with E-state index < -0.39 is 5.97 Å². The third-order valence-electron chi connectivity index (χ3n) is 3.80. The average Bonchev–Trinajstić information content (AvgIpc) is 2.87. The van der Waals surface area contributed by atoms with Crippen molar-refractivity contribution in [2.75, 3.05) is 7.05 Å². The van der Waals surface area contributed by atoms with E-state index in [9.17, 15) is 9.59 Å². The van der Waals surface area contributed by atoms with Gasteiger partial charge in [-0.15, -0.1) is 0 Å². The van der Waals surface area contributed by atoms with Crippen molar-refractivity contribution in [3.05, 3.63) is 29.6 Å². The maximum atomic E-state index is 12.1. The van der Waals surface area contributed by atoms with Gasteiger partial charge in [0, 0.05) is 18.8 Å². The number of rotatable bonds is 4. The van der Waals surface area contributed by atoms with Crippen molar-refractivity contribution in [3.63, 3.8) is 0 Å². The first-order chi connectivity index (χ1) is 9.95. The summed E-state index contributed by atoms with van der Waals surface area (Å²) >= 11 is 0. The highest BCUT2D eigenvalue weighted by Crippen LogP contribution is 2.25. The lowest BCUT2D eigenvalue weighted by Crippen LogP contribution is -2.42. The van der Waals surface area contributed by atoms with Gasteiger partial charge in [0.2, 0.25) is 0 Å². The van der Waals surface area contributed by atoms with Crippen molar-refractivity contribution in [2.24, 2.45) is 5.92 Å². The number of hydrogen-bond acceptors (Lipinski definition) is 3. The van der Waals surface area contributed by atoms with Gasteiger partial charge in [-0.1, -0.05) is 6.07 Å². The minimum atomic E-state index is -0.774. The molecule has 6 heteroatoms. The second-order valence-electron chi connectivity index (χ2n) is 5.62.